The fourth-order valence-corrected chi connectivity index (χ4v) is 1.67. The third-order valence-electron chi connectivity index (χ3n) is 2.55. The molecule has 1 aromatic rings. The Balaban J connectivity index is 2.93. The highest BCUT2D eigenvalue weighted by atomic mass is 16.5. The van der Waals surface area contributed by atoms with Gasteiger partial charge in [0.05, 0.1) is 20.8 Å². The van der Waals surface area contributed by atoms with E-state index in [0.29, 0.717) is 13.1 Å². The fraction of sp³-hybridized carbons (Fsp3) is 0.500. The Hall–Kier alpha value is -1.30. The van der Waals surface area contributed by atoms with Gasteiger partial charge in [-0.3, -0.25) is 0 Å². The zero-order valence-electron chi connectivity index (χ0n) is 10.3. The molecule has 1 unspecified atom stereocenters. The molecule has 5 nitrogen and oxygen atoms in total. The number of aliphatic hydroxyl groups is 1. The van der Waals surface area contributed by atoms with Gasteiger partial charge in [-0.15, -0.1) is 0 Å². The van der Waals surface area contributed by atoms with Gasteiger partial charge in [0.1, 0.15) is 11.5 Å². The van der Waals surface area contributed by atoms with E-state index >= 15 is 0 Å². The van der Waals surface area contributed by atoms with Gasteiger partial charge >= 0.3 is 0 Å². The molecule has 1 rings (SSSR count). The molecule has 17 heavy (non-hydrogen) atoms. The second kappa shape index (κ2) is 7.11. The first-order valence-electron chi connectivity index (χ1n) is 5.53. The summed E-state index contributed by atoms with van der Waals surface area (Å²) in [6.45, 7) is 1.01. The summed E-state index contributed by atoms with van der Waals surface area (Å²) < 4.78 is 10.4. The zero-order chi connectivity index (χ0) is 12.7. The van der Waals surface area contributed by atoms with Crippen LogP contribution in [-0.2, 0) is 0 Å². The molecule has 0 aromatic heterocycles. The molecule has 5 heteroatoms. The van der Waals surface area contributed by atoms with Crippen molar-refractivity contribution in [2.75, 3.05) is 33.9 Å². The summed E-state index contributed by atoms with van der Waals surface area (Å²) in [6.07, 6.45) is 0. The van der Waals surface area contributed by atoms with Gasteiger partial charge in [0.15, 0.2) is 0 Å². The fourth-order valence-electron chi connectivity index (χ4n) is 1.67. The molecule has 0 aliphatic heterocycles. The topological polar surface area (TPSA) is 76.7 Å². The first-order chi connectivity index (χ1) is 8.26. The summed E-state index contributed by atoms with van der Waals surface area (Å²) in [6, 6.07) is 5.56. The van der Waals surface area contributed by atoms with Crippen LogP contribution in [0.3, 0.4) is 0 Å². The lowest BCUT2D eigenvalue weighted by Gasteiger charge is -2.19. The maximum Gasteiger partial charge on any atom is 0.127 e. The minimum Gasteiger partial charge on any atom is -0.497 e. The largest absolute Gasteiger partial charge is 0.497 e. The molecule has 0 bridgehead atoms. The van der Waals surface area contributed by atoms with Crippen LogP contribution in [0, 0.1) is 0 Å². The summed E-state index contributed by atoms with van der Waals surface area (Å²) >= 11 is 0. The van der Waals surface area contributed by atoms with Crippen molar-refractivity contribution in [1.82, 2.24) is 5.32 Å². The van der Waals surface area contributed by atoms with Crippen molar-refractivity contribution in [2.45, 2.75) is 6.04 Å². The lowest BCUT2D eigenvalue weighted by atomic mass is 10.1. The van der Waals surface area contributed by atoms with Crippen LogP contribution in [-0.4, -0.2) is 39.0 Å². The highest BCUT2D eigenvalue weighted by Gasteiger charge is 2.14. The molecule has 96 valence electrons. The van der Waals surface area contributed by atoms with Crippen LogP contribution in [0.1, 0.15) is 11.6 Å². The van der Waals surface area contributed by atoms with Gasteiger partial charge in [0.2, 0.25) is 0 Å². The second-order valence-corrected chi connectivity index (χ2v) is 3.57. The monoisotopic (exact) mass is 240 g/mol. The van der Waals surface area contributed by atoms with E-state index in [0.717, 1.165) is 17.1 Å². The lowest BCUT2D eigenvalue weighted by Crippen LogP contribution is -2.30. The maximum atomic E-state index is 8.81. The lowest BCUT2D eigenvalue weighted by molar-refractivity contribution is 0.284. The van der Waals surface area contributed by atoms with Crippen LogP contribution in [0.15, 0.2) is 18.2 Å². The number of methoxy groups -OCH3 is 2. The zero-order valence-corrected chi connectivity index (χ0v) is 10.3. The molecule has 0 saturated carbocycles. The van der Waals surface area contributed by atoms with Crippen molar-refractivity contribution in [2.24, 2.45) is 5.73 Å². The molecule has 4 N–H and O–H groups in total. The van der Waals surface area contributed by atoms with Gasteiger partial charge in [-0.05, 0) is 6.07 Å². The van der Waals surface area contributed by atoms with Crippen LogP contribution in [0.2, 0.25) is 0 Å². The summed E-state index contributed by atoms with van der Waals surface area (Å²) in [5.74, 6) is 1.47. The van der Waals surface area contributed by atoms with E-state index in [1.54, 1.807) is 14.2 Å². The van der Waals surface area contributed by atoms with Gasteiger partial charge in [0, 0.05) is 30.8 Å². The van der Waals surface area contributed by atoms with Gasteiger partial charge in [-0.1, -0.05) is 6.07 Å². The second-order valence-electron chi connectivity index (χ2n) is 3.57. The standard InChI is InChI=1S/C12H20N2O3/c1-16-9-3-4-10(12(7-9)17-2)11(8-13)14-5-6-15/h3-4,7,11,14-15H,5-6,8,13H2,1-2H3. The van der Waals surface area contributed by atoms with Crippen molar-refractivity contribution >= 4 is 0 Å². The van der Waals surface area contributed by atoms with Crippen LogP contribution in [0.5, 0.6) is 11.5 Å². The summed E-state index contributed by atoms with van der Waals surface area (Å²) in [7, 11) is 3.22. The summed E-state index contributed by atoms with van der Waals surface area (Å²) in [5.41, 5.74) is 6.67. The van der Waals surface area contributed by atoms with Crippen molar-refractivity contribution in [1.29, 1.82) is 0 Å². The molecule has 0 fully saturated rings. The number of nitrogens with one attached hydrogen (secondary N) is 1. The number of aliphatic hydroxyl groups excluding tert-OH is 1. The highest BCUT2D eigenvalue weighted by molar-refractivity contribution is 5.42. The highest BCUT2D eigenvalue weighted by Crippen LogP contribution is 2.28. The van der Waals surface area contributed by atoms with E-state index < -0.39 is 0 Å². The third kappa shape index (κ3) is 3.59. The third-order valence-corrected chi connectivity index (χ3v) is 2.55. The molecule has 0 aliphatic rings. The first kappa shape index (κ1) is 13.8. The molecule has 0 saturated heterocycles. The van der Waals surface area contributed by atoms with E-state index in [1.807, 2.05) is 18.2 Å². The van der Waals surface area contributed by atoms with Crippen LogP contribution >= 0.6 is 0 Å². The van der Waals surface area contributed by atoms with Crippen LogP contribution in [0.25, 0.3) is 0 Å². The predicted molar refractivity (Wildman–Crippen MR) is 66.4 cm³/mol. The first-order valence-corrected chi connectivity index (χ1v) is 5.53. The Kier molecular flexibility index (Phi) is 5.76. The Morgan fingerprint density at radius 1 is 1.35 bits per heavy atom. The van der Waals surface area contributed by atoms with E-state index in [2.05, 4.69) is 5.32 Å². The molecule has 0 radical (unpaired) electrons. The number of rotatable bonds is 7. The molecule has 0 amide bonds. The predicted octanol–water partition coefficient (Wildman–Crippen LogP) is 0.285. The van der Waals surface area contributed by atoms with Crippen LogP contribution in [0.4, 0.5) is 0 Å². The minimum atomic E-state index is -0.0389. The molecule has 0 spiro atoms. The molecule has 1 atom stereocenters. The van der Waals surface area contributed by atoms with E-state index in [9.17, 15) is 0 Å². The number of hydrogen-bond donors (Lipinski definition) is 3. The Bertz CT molecular complexity index is 345. The number of hydrogen-bond acceptors (Lipinski definition) is 5. The van der Waals surface area contributed by atoms with Gasteiger partial charge < -0.3 is 25.6 Å². The molecular formula is C12H20N2O3. The number of ether oxygens (including phenoxy) is 2. The SMILES string of the molecule is COc1ccc(C(CN)NCCO)c(OC)c1. The molecular weight excluding hydrogens is 220 g/mol. The Morgan fingerprint density at radius 3 is 2.65 bits per heavy atom. The quantitative estimate of drug-likeness (QED) is 0.638. The van der Waals surface area contributed by atoms with E-state index in [-0.39, 0.29) is 12.6 Å². The minimum absolute atomic E-state index is 0.0389. The number of nitrogens with two attached hydrogens (primary N) is 1. The smallest absolute Gasteiger partial charge is 0.127 e. The summed E-state index contributed by atoms with van der Waals surface area (Å²) in [4.78, 5) is 0. The van der Waals surface area contributed by atoms with E-state index in [1.165, 1.54) is 0 Å². The normalized spacial score (nSPS) is 12.2. The van der Waals surface area contributed by atoms with E-state index in [4.69, 9.17) is 20.3 Å². The summed E-state index contributed by atoms with van der Waals surface area (Å²) in [5, 5.41) is 12.0. The van der Waals surface area contributed by atoms with Gasteiger partial charge in [-0.25, -0.2) is 0 Å². The maximum absolute atomic E-state index is 8.81. The molecule has 1 aromatic carbocycles. The van der Waals surface area contributed by atoms with Crippen molar-refractivity contribution in [3.8, 4) is 11.5 Å². The Labute approximate surface area is 102 Å². The molecule has 0 aliphatic carbocycles. The van der Waals surface area contributed by atoms with Crippen LogP contribution < -0.4 is 20.5 Å². The average Bonchev–Trinajstić information content (AvgIpc) is 2.39. The van der Waals surface area contributed by atoms with Gasteiger partial charge in [-0.2, -0.15) is 0 Å². The van der Waals surface area contributed by atoms with Crippen molar-refractivity contribution in [3.05, 3.63) is 23.8 Å². The van der Waals surface area contributed by atoms with Crippen molar-refractivity contribution < 1.29 is 14.6 Å². The number of benzene rings is 1. The molecule has 0 heterocycles. The van der Waals surface area contributed by atoms with Gasteiger partial charge in [0.25, 0.3) is 0 Å². The average molecular weight is 240 g/mol. The van der Waals surface area contributed by atoms with Crippen molar-refractivity contribution in [3.63, 3.8) is 0 Å². The Morgan fingerprint density at radius 2 is 2.12 bits per heavy atom.